The van der Waals surface area contributed by atoms with E-state index in [0.29, 0.717) is 18.0 Å². The van der Waals surface area contributed by atoms with Crippen molar-refractivity contribution in [1.82, 2.24) is 10.2 Å². The van der Waals surface area contributed by atoms with Crippen LogP contribution in [0.1, 0.15) is 37.5 Å². The summed E-state index contributed by atoms with van der Waals surface area (Å²) in [5, 5.41) is 2.99. The molecular formula is C37H43N3O5S2. The van der Waals surface area contributed by atoms with E-state index in [0.717, 1.165) is 25.9 Å². The Kier molecular flexibility index (Phi) is 12.5. The zero-order valence-corrected chi connectivity index (χ0v) is 29.2. The van der Waals surface area contributed by atoms with E-state index in [1.807, 2.05) is 88.5 Å². The fourth-order valence-corrected chi connectivity index (χ4v) is 7.01. The minimum atomic E-state index is -4.20. The van der Waals surface area contributed by atoms with Crippen LogP contribution < -0.4 is 14.4 Å². The lowest BCUT2D eigenvalue weighted by Crippen LogP contribution is -2.54. The normalized spacial score (nSPS) is 12.0. The second kappa shape index (κ2) is 16.5. The Morgan fingerprint density at radius 2 is 1.51 bits per heavy atom. The molecule has 1 N–H and O–H groups in total. The lowest BCUT2D eigenvalue weighted by atomic mass is 10.0. The van der Waals surface area contributed by atoms with Gasteiger partial charge in [0.1, 0.15) is 18.3 Å². The van der Waals surface area contributed by atoms with E-state index < -0.39 is 28.5 Å². The number of ether oxygens (including phenoxy) is 1. The molecule has 1 atom stereocenters. The molecule has 10 heteroatoms. The summed E-state index contributed by atoms with van der Waals surface area (Å²) in [7, 11) is -4.20. The highest BCUT2D eigenvalue weighted by Crippen LogP contribution is 2.28. The van der Waals surface area contributed by atoms with Gasteiger partial charge in [0.05, 0.1) is 17.2 Å². The van der Waals surface area contributed by atoms with E-state index in [1.54, 1.807) is 48.5 Å². The molecule has 4 aromatic carbocycles. The minimum absolute atomic E-state index is 0.0563. The third-order valence-corrected chi connectivity index (χ3v) is 10.2. The lowest BCUT2D eigenvalue weighted by molar-refractivity contribution is -0.140. The minimum Gasteiger partial charge on any atom is -0.494 e. The van der Waals surface area contributed by atoms with Gasteiger partial charge in [0.25, 0.3) is 10.0 Å². The number of benzene rings is 4. The number of carbonyl (C=O) groups is 2. The van der Waals surface area contributed by atoms with Gasteiger partial charge in [-0.3, -0.25) is 13.9 Å². The molecule has 0 aliphatic heterocycles. The summed E-state index contributed by atoms with van der Waals surface area (Å²) in [4.78, 5) is 31.0. The maximum atomic E-state index is 14.6. The fraction of sp³-hybridized carbons (Fsp3) is 0.297. The van der Waals surface area contributed by atoms with Crippen LogP contribution in [0.4, 0.5) is 5.69 Å². The molecule has 0 aromatic heterocycles. The molecule has 0 bridgehead atoms. The van der Waals surface area contributed by atoms with Gasteiger partial charge in [-0.25, -0.2) is 8.42 Å². The van der Waals surface area contributed by atoms with E-state index in [1.165, 1.54) is 16.7 Å². The zero-order chi connectivity index (χ0) is 34.0. The zero-order valence-electron chi connectivity index (χ0n) is 27.6. The van der Waals surface area contributed by atoms with Crippen LogP contribution in [0.3, 0.4) is 0 Å². The molecule has 47 heavy (non-hydrogen) atoms. The average Bonchev–Trinajstić information content (AvgIpc) is 3.06. The third kappa shape index (κ3) is 9.39. The summed E-state index contributed by atoms with van der Waals surface area (Å²) in [6.07, 6.45) is 2.17. The van der Waals surface area contributed by atoms with E-state index in [-0.39, 0.29) is 29.8 Å². The molecule has 0 saturated carbocycles. The van der Waals surface area contributed by atoms with Gasteiger partial charge in [0.15, 0.2) is 0 Å². The number of rotatable bonds is 15. The number of sulfonamides is 1. The summed E-state index contributed by atoms with van der Waals surface area (Å²) >= 11 is 1.51. The Bertz CT molecular complexity index is 1730. The summed E-state index contributed by atoms with van der Waals surface area (Å²) in [5.74, 6) is -0.237. The standard InChI is InChI=1S/C37H43N3O5S2/c1-6-45-32-18-16-31(17-19-32)40(47(43,44)34-22-20-33(46-5)21-23-34)26-36(41)39(25-30-15-11-10-12-28(30)4)35(37(42)38-27(2)3)24-29-13-8-7-9-14-29/h7-23,27,35H,6,24-26H2,1-5H3,(H,38,42)/t35-/m0/s1. The fourth-order valence-electron chi connectivity index (χ4n) is 5.18. The molecular weight excluding hydrogens is 631 g/mol. The summed E-state index contributed by atoms with van der Waals surface area (Å²) in [5.41, 5.74) is 3.00. The smallest absolute Gasteiger partial charge is 0.264 e. The van der Waals surface area contributed by atoms with Crippen LogP contribution in [0, 0.1) is 6.92 Å². The number of anilines is 1. The quantitative estimate of drug-likeness (QED) is 0.145. The summed E-state index contributed by atoms with van der Waals surface area (Å²) in [6.45, 7) is 7.61. The third-order valence-electron chi connectivity index (χ3n) is 7.67. The average molecular weight is 674 g/mol. The predicted octanol–water partition coefficient (Wildman–Crippen LogP) is 6.48. The number of hydrogen-bond donors (Lipinski definition) is 1. The highest BCUT2D eigenvalue weighted by atomic mass is 32.2. The molecule has 0 heterocycles. The van der Waals surface area contributed by atoms with Crippen molar-refractivity contribution in [3.63, 3.8) is 0 Å². The molecule has 4 rings (SSSR count). The first-order valence-corrected chi connectivity index (χ1v) is 18.3. The van der Waals surface area contributed by atoms with Gasteiger partial charge >= 0.3 is 0 Å². The molecule has 0 fully saturated rings. The van der Waals surface area contributed by atoms with E-state index in [2.05, 4.69) is 5.32 Å². The summed E-state index contributed by atoms with van der Waals surface area (Å²) < 4.78 is 35.3. The first-order chi connectivity index (χ1) is 22.5. The van der Waals surface area contributed by atoms with Crippen LogP contribution in [-0.2, 0) is 32.6 Å². The number of hydrogen-bond acceptors (Lipinski definition) is 6. The second-order valence-electron chi connectivity index (χ2n) is 11.4. The van der Waals surface area contributed by atoms with Gasteiger partial charge in [-0.15, -0.1) is 11.8 Å². The number of thioether (sulfide) groups is 1. The van der Waals surface area contributed by atoms with Gasteiger partial charge < -0.3 is 15.0 Å². The van der Waals surface area contributed by atoms with Crippen LogP contribution in [0.2, 0.25) is 0 Å². The van der Waals surface area contributed by atoms with Crippen LogP contribution in [-0.4, -0.2) is 56.6 Å². The molecule has 4 aromatic rings. The van der Waals surface area contributed by atoms with Crippen molar-refractivity contribution in [3.05, 3.63) is 120 Å². The van der Waals surface area contributed by atoms with Gasteiger partial charge in [-0.05, 0) is 99.2 Å². The Hall–Kier alpha value is -4.28. The number of nitrogens with zero attached hydrogens (tertiary/aromatic N) is 2. The summed E-state index contributed by atoms with van der Waals surface area (Å²) in [6, 6.07) is 29.3. The second-order valence-corrected chi connectivity index (χ2v) is 14.2. The molecule has 0 unspecified atom stereocenters. The molecule has 0 aliphatic carbocycles. The topological polar surface area (TPSA) is 96.0 Å². The number of carbonyl (C=O) groups excluding carboxylic acids is 2. The van der Waals surface area contributed by atoms with Crippen molar-refractivity contribution in [1.29, 1.82) is 0 Å². The molecule has 248 valence electrons. The molecule has 0 aliphatic rings. The van der Waals surface area contributed by atoms with Crippen LogP contribution in [0.5, 0.6) is 5.75 Å². The Balaban J connectivity index is 1.81. The molecule has 2 amide bonds. The Morgan fingerprint density at radius 3 is 2.11 bits per heavy atom. The predicted molar refractivity (Wildman–Crippen MR) is 189 cm³/mol. The number of nitrogens with one attached hydrogen (secondary N) is 1. The van der Waals surface area contributed by atoms with Crippen molar-refractivity contribution in [2.75, 3.05) is 23.7 Å². The van der Waals surface area contributed by atoms with Crippen molar-refractivity contribution in [2.45, 2.75) is 62.5 Å². The van der Waals surface area contributed by atoms with Crippen molar-refractivity contribution in [3.8, 4) is 5.75 Å². The van der Waals surface area contributed by atoms with Gasteiger partial charge in [-0.1, -0.05) is 54.6 Å². The Labute approximate surface area is 283 Å². The van der Waals surface area contributed by atoms with E-state index in [9.17, 15) is 18.0 Å². The molecule has 0 saturated heterocycles. The van der Waals surface area contributed by atoms with Crippen molar-refractivity contribution in [2.24, 2.45) is 0 Å². The molecule has 8 nitrogen and oxygen atoms in total. The highest BCUT2D eigenvalue weighted by Gasteiger charge is 2.35. The van der Waals surface area contributed by atoms with Crippen LogP contribution in [0.25, 0.3) is 0 Å². The SMILES string of the molecule is CCOc1ccc(N(CC(=O)N(Cc2ccccc2C)[C@@H](Cc2ccccc2)C(=O)NC(C)C)S(=O)(=O)c2ccc(SC)cc2)cc1. The van der Waals surface area contributed by atoms with Crippen LogP contribution >= 0.6 is 11.8 Å². The first kappa shape index (κ1) is 35.6. The lowest BCUT2D eigenvalue weighted by Gasteiger charge is -2.34. The van der Waals surface area contributed by atoms with E-state index >= 15 is 0 Å². The highest BCUT2D eigenvalue weighted by molar-refractivity contribution is 7.98. The van der Waals surface area contributed by atoms with Crippen LogP contribution in [0.15, 0.2) is 113 Å². The number of amides is 2. The first-order valence-electron chi connectivity index (χ1n) is 15.6. The largest absolute Gasteiger partial charge is 0.494 e. The maximum absolute atomic E-state index is 14.6. The van der Waals surface area contributed by atoms with Gasteiger partial charge in [-0.2, -0.15) is 0 Å². The molecule has 0 spiro atoms. The maximum Gasteiger partial charge on any atom is 0.264 e. The van der Waals surface area contributed by atoms with Gasteiger partial charge in [0.2, 0.25) is 11.8 Å². The Morgan fingerprint density at radius 1 is 0.872 bits per heavy atom. The monoisotopic (exact) mass is 673 g/mol. The van der Waals surface area contributed by atoms with Crippen molar-refractivity contribution < 1.29 is 22.7 Å². The van der Waals surface area contributed by atoms with Gasteiger partial charge in [0, 0.05) is 23.9 Å². The number of aryl methyl sites for hydroxylation is 1. The van der Waals surface area contributed by atoms with E-state index in [4.69, 9.17) is 4.74 Å². The molecule has 0 radical (unpaired) electrons. The van der Waals surface area contributed by atoms with Crippen molar-refractivity contribution >= 4 is 39.3 Å².